The lowest BCUT2D eigenvalue weighted by molar-refractivity contribution is -0.121. The Morgan fingerprint density at radius 2 is 1.88 bits per heavy atom. The monoisotopic (exact) mass is 342 g/mol. The highest BCUT2D eigenvalue weighted by molar-refractivity contribution is 6.23. The van der Waals surface area contributed by atoms with Crippen LogP contribution in [0.1, 0.15) is 16.8 Å². The zero-order valence-corrected chi connectivity index (χ0v) is 12.8. The van der Waals surface area contributed by atoms with E-state index in [4.69, 9.17) is 5.11 Å². The Labute approximate surface area is 141 Å². The molecule has 0 bridgehead atoms. The van der Waals surface area contributed by atoms with Crippen molar-refractivity contribution in [2.75, 3.05) is 10.2 Å². The lowest BCUT2D eigenvalue weighted by atomic mass is 10.1. The number of nitrogens with zero attached hydrogens (tertiary/aromatic N) is 1. The summed E-state index contributed by atoms with van der Waals surface area (Å²) in [7, 11) is 0. The molecule has 1 atom stereocenters. The van der Waals surface area contributed by atoms with Gasteiger partial charge in [-0.15, -0.1) is 0 Å². The molecule has 2 aromatic carbocycles. The maximum atomic E-state index is 12.5. The Balaban J connectivity index is 1.84. The van der Waals surface area contributed by atoms with Crippen LogP contribution in [0.15, 0.2) is 42.5 Å². The average molecular weight is 342 g/mol. The second kappa shape index (κ2) is 6.16. The van der Waals surface area contributed by atoms with E-state index in [9.17, 15) is 24.6 Å². The van der Waals surface area contributed by atoms with Gasteiger partial charge in [-0.05, 0) is 24.3 Å². The van der Waals surface area contributed by atoms with Gasteiger partial charge in [0.1, 0.15) is 23.1 Å². The van der Waals surface area contributed by atoms with Gasteiger partial charge in [0.2, 0.25) is 5.91 Å². The van der Waals surface area contributed by atoms with Gasteiger partial charge in [-0.2, -0.15) is 0 Å². The van der Waals surface area contributed by atoms with Gasteiger partial charge in [-0.3, -0.25) is 9.59 Å². The first-order valence-electron chi connectivity index (χ1n) is 7.35. The molecule has 8 nitrogen and oxygen atoms in total. The summed E-state index contributed by atoms with van der Waals surface area (Å²) in [5.41, 5.74) is 0.257. The maximum Gasteiger partial charge on any atom is 0.339 e. The largest absolute Gasteiger partial charge is 0.508 e. The number of anilines is 2. The molecule has 0 radical (unpaired) electrons. The summed E-state index contributed by atoms with van der Waals surface area (Å²) in [4.78, 5) is 36.5. The fourth-order valence-corrected chi connectivity index (χ4v) is 2.65. The van der Waals surface area contributed by atoms with Gasteiger partial charge in [0.15, 0.2) is 0 Å². The minimum absolute atomic E-state index is 0.0211. The molecule has 0 aromatic heterocycles. The number of carbonyl (C=O) groups excluding carboxylic acids is 2. The third-order valence-corrected chi connectivity index (χ3v) is 3.80. The average Bonchev–Trinajstić information content (AvgIpc) is 2.81. The van der Waals surface area contributed by atoms with E-state index >= 15 is 0 Å². The number of nitrogens with one attached hydrogen (secondary N) is 1. The smallest absolute Gasteiger partial charge is 0.339 e. The van der Waals surface area contributed by atoms with E-state index in [1.165, 1.54) is 18.2 Å². The highest BCUT2D eigenvalue weighted by atomic mass is 16.4. The molecule has 25 heavy (non-hydrogen) atoms. The van der Waals surface area contributed by atoms with Crippen LogP contribution in [0.4, 0.5) is 11.4 Å². The number of carboxylic acid groups (broad SMARTS) is 1. The molecule has 0 spiro atoms. The fraction of sp³-hybridized carbons (Fsp3) is 0.118. The number of rotatable bonds is 4. The number of carboxylic acids is 1. The molecule has 1 saturated heterocycles. The SMILES string of the molecule is O=C(O)c1ccc(N2C(=O)CC(Nc3cccc(O)c3)C2=O)cc1O. The second-order valence-corrected chi connectivity index (χ2v) is 5.53. The van der Waals surface area contributed by atoms with Crippen LogP contribution in [-0.4, -0.2) is 39.1 Å². The Hall–Kier alpha value is -3.55. The predicted molar refractivity (Wildman–Crippen MR) is 87.7 cm³/mol. The van der Waals surface area contributed by atoms with Crippen molar-refractivity contribution in [3.8, 4) is 11.5 Å². The van der Waals surface area contributed by atoms with E-state index in [1.54, 1.807) is 12.1 Å². The van der Waals surface area contributed by atoms with Crippen molar-refractivity contribution in [2.45, 2.75) is 12.5 Å². The van der Waals surface area contributed by atoms with Crippen LogP contribution in [0.25, 0.3) is 0 Å². The molecule has 1 aliphatic rings. The van der Waals surface area contributed by atoms with Crippen molar-refractivity contribution in [3.05, 3.63) is 48.0 Å². The molecule has 3 rings (SSSR count). The van der Waals surface area contributed by atoms with Gasteiger partial charge in [0, 0.05) is 17.8 Å². The van der Waals surface area contributed by atoms with Gasteiger partial charge in [-0.1, -0.05) is 6.07 Å². The lowest BCUT2D eigenvalue weighted by Gasteiger charge is -2.17. The minimum Gasteiger partial charge on any atom is -0.508 e. The Morgan fingerprint density at radius 3 is 2.52 bits per heavy atom. The zero-order chi connectivity index (χ0) is 18.1. The first kappa shape index (κ1) is 16.3. The van der Waals surface area contributed by atoms with Crippen molar-refractivity contribution in [3.63, 3.8) is 0 Å². The highest BCUT2D eigenvalue weighted by Gasteiger charge is 2.39. The van der Waals surface area contributed by atoms with Crippen molar-refractivity contribution < 1.29 is 29.7 Å². The summed E-state index contributed by atoms with van der Waals surface area (Å²) < 4.78 is 0. The molecule has 2 amide bonds. The number of benzene rings is 2. The van der Waals surface area contributed by atoms with Crippen LogP contribution >= 0.6 is 0 Å². The quantitative estimate of drug-likeness (QED) is 0.621. The molecule has 1 unspecified atom stereocenters. The van der Waals surface area contributed by atoms with Crippen LogP contribution in [0.2, 0.25) is 0 Å². The fourth-order valence-electron chi connectivity index (χ4n) is 2.65. The molecule has 4 N–H and O–H groups in total. The van der Waals surface area contributed by atoms with Crippen LogP contribution in [-0.2, 0) is 9.59 Å². The zero-order valence-electron chi connectivity index (χ0n) is 12.8. The van der Waals surface area contributed by atoms with E-state index in [-0.39, 0.29) is 23.4 Å². The van der Waals surface area contributed by atoms with Crippen molar-refractivity contribution >= 4 is 29.2 Å². The van der Waals surface area contributed by atoms with Crippen molar-refractivity contribution in [1.29, 1.82) is 0 Å². The third-order valence-electron chi connectivity index (χ3n) is 3.80. The van der Waals surface area contributed by atoms with E-state index in [0.717, 1.165) is 17.0 Å². The Morgan fingerprint density at radius 1 is 1.12 bits per heavy atom. The number of amides is 2. The molecule has 1 aliphatic heterocycles. The number of aromatic carboxylic acids is 1. The van der Waals surface area contributed by atoms with E-state index in [2.05, 4.69) is 5.32 Å². The number of phenolic OH excluding ortho intramolecular Hbond substituents is 1. The molecule has 8 heteroatoms. The molecular formula is C17H14N2O6. The maximum absolute atomic E-state index is 12.5. The molecular weight excluding hydrogens is 328 g/mol. The third kappa shape index (κ3) is 3.09. The first-order chi connectivity index (χ1) is 11.9. The summed E-state index contributed by atoms with van der Waals surface area (Å²) >= 11 is 0. The molecule has 1 fully saturated rings. The van der Waals surface area contributed by atoms with Gasteiger partial charge >= 0.3 is 5.97 Å². The van der Waals surface area contributed by atoms with Crippen LogP contribution < -0.4 is 10.2 Å². The van der Waals surface area contributed by atoms with E-state index in [1.807, 2.05) is 0 Å². The number of phenols is 2. The summed E-state index contributed by atoms with van der Waals surface area (Å²) in [5.74, 6) is -2.84. The number of carbonyl (C=O) groups is 3. The van der Waals surface area contributed by atoms with Gasteiger partial charge in [0.05, 0.1) is 12.1 Å². The summed E-state index contributed by atoms with van der Waals surface area (Å²) in [5, 5.41) is 31.0. The first-order valence-corrected chi connectivity index (χ1v) is 7.35. The van der Waals surface area contributed by atoms with Gasteiger partial charge in [0.25, 0.3) is 5.91 Å². The van der Waals surface area contributed by atoms with Gasteiger partial charge in [-0.25, -0.2) is 9.69 Å². The topological polar surface area (TPSA) is 127 Å². The molecule has 0 aliphatic carbocycles. The lowest BCUT2D eigenvalue weighted by Crippen LogP contribution is -2.34. The molecule has 2 aromatic rings. The Bertz CT molecular complexity index is 879. The van der Waals surface area contributed by atoms with Crippen LogP contribution in [0, 0.1) is 0 Å². The van der Waals surface area contributed by atoms with E-state index in [0.29, 0.717) is 5.69 Å². The second-order valence-electron chi connectivity index (χ2n) is 5.53. The molecule has 1 heterocycles. The van der Waals surface area contributed by atoms with Gasteiger partial charge < -0.3 is 20.6 Å². The number of imide groups is 1. The molecule has 0 saturated carbocycles. The van der Waals surface area contributed by atoms with E-state index < -0.39 is 29.6 Å². The summed E-state index contributed by atoms with van der Waals surface area (Å²) in [6, 6.07) is 8.80. The summed E-state index contributed by atoms with van der Waals surface area (Å²) in [6.07, 6.45) is -0.101. The van der Waals surface area contributed by atoms with Crippen LogP contribution in [0.3, 0.4) is 0 Å². The normalized spacial score (nSPS) is 17.0. The minimum atomic E-state index is -1.31. The predicted octanol–water partition coefficient (Wildman–Crippen LogP) is 1.54. The number of hydrogen-bond acceptors (Lipinski definition) is 6. The van der Waals surface area contributed by atoms with Crippen LogP contribution in [0.5, 0.6) is 11.5 Å². The summed E-state index contributed by atoms with van der Waals surface area (Å²) in [6.45, 7) is 0. The van der Waals surface area contributed by atoms with Crippen molar-refractivity contribution in [2.24, 2.45) is 0 Å². The molecule has 128 valence electrons. The number of aromatic hydroxyl groups is 2. The van der Waals surface area contributed by atoms with Crippen molar-refractivity contribution in [1.82, 2.24) is 0 Å². The standard InChI is InChI=1S/C17H14N2O6/c20-11-3-1-2-9(6-11)18-13-8-15(22)19(16(13)23)10-4-5-12(17(24)25)14(21)7-10/h1-7,13,18,20-21H,8H2,(H,24,25). The number of hydrogen-bond donors (Lipinski definition) is 4. The Kier molecular flexibility index (Phi) is 4.02. The highest BCUT2D eigenvalue weighted by Crippen LogP contribution is 2.30.